The highest BCUT2D eigenvalue weighted by Crippen LogP contribution is 2.27. The Balaban J connectivity index is 1.92. The summed E-state index contributed by atoms with van der Waals surface area (Å²) >= 11 is 5.79. The standard InChI is InChI=1S/C21H24ClNO4/c1-13(2)18-7-5-6-14(3)20(18)23-21(25)15(4)27-19(24)12-26-17-10-8-16(22)9-11-17/h5-11,13,15H,12H2,1-4H3,(H,23,25)/t15-/m1/s1. The molecule has 6 heteroatoms. The van der Waals surface area contributed by atoms with E-state index in [0.29, 0.717) is 10.8 Å². The Bertz CT molecular complexity index is 802. The molecule has 5 nitrogen and oxygen atoms in total. The van der Waals surface area contributed by atoms with Crippen molar-refractivity contribution in [3.8, 4) is 5.75 Å². The van der Waals surface area contributed by atoms with E-state index in [2.05, 4.69) is 19.2 Å². The van der Waals surface area contributed by atoms with Crippen LogP contribution < -0.4 is 10.1 Å². The molecule has 0 aliphatic heterocycles. The van der Waals surface area contributed by atoms with Gasteiger partial charge in [0.05, 0.1) is 0 Å². The van der Waals surface area contributed by atoms with Gasteiger partial charge in [-0.05, 0) is 55.2 Å². The number of para-hydroxylation sites is 1. The SMILES string of the molecule is Cc1cccc(C(C)C)c1NC(=O)[C@@H](C)OC(=O)COc1ccc(Cl)cc1. The molecule has 0 aromatic heterocycles. The molecule has 0 bridgehead atoms. The second-order valence-corrected chi connectivity index (χ2v) is 6.99. The highest BCUT2D eigenvalue weighted by molar-refractivity contribution is 6.30. The lowest BCUT2D eigenvalue weighted by molar-refractivity contribution is -0.155. The van der Waals surface area contributed by atoms with Gasteiger partial charge in [-0.15, -0.1) is 0 Å². The number of carbonyl (C=O) groups excluding carboxylic acids is 2. The van der Waals surface area contributed by atoms with E-state index in [9.17, 15) is 9.59 Å². The molecule has 0 fully saturated rings. The molecule has 0 saturated heterocycles. The molecule has 0 unspecified atom stereocenters. The number of nitrogens with one attached hydrogen (secondary N) is 1. The number of carbonyl (C=O) groups is 2. The lowest BCUT2D eigenvalue weighted by atomic mass is 9.98. The summed E-state index contributed by atoms with van der Waals surface area (Å²) in [5.74, 6) is -0.256. The summed E-state index contributed by atoms with van der Waals surface area (Å²) in [7, 11) is 0. The molecule has 2 rings (SSSR count). The van der Waals surface area contributed by atoms with Crippen molar-refractivity contribution < 1.29 is 19.1 Å². The molecular weight excluding hydrogens is 366 g/mol. The van der Waals surface area contributed by atoms with Crippen molar-refractivity contribution in [2.24, 2.45) is 0 Å². The zero-order valence-electron chi connectivity index (χ0n) is 15.9. The highest BCUT2D eigenvalue weighted by atomic mass is 35.5. The van der Waals surface area contributed by atoms with Crippen molar-refractivity contribution in [3.05, 3.63) is 58.6 Å². The van der Waals surface area contributed by atoms with Gasteiger partial charge in [0.25, 0.3) is 5.91 Å². The van der Waals surface area contributed by atoms with Gasteiger partial charge < -0.3 is 14.8 Å². The van der Waals surface area contributed by atoms with E-state index < -0.39 is 12.1 Å². The Morgan fingerprint density at radius 3 is 2.37 bits per heavy atom. The molecule has 0 spiro atoms. The number of hydrogen-bond donors (Lipinski definition) is 1. The summed E-state index contributed by atoms with van der Waals surface area (Å²) in [6, 6.07) is 12.5. The number of esters is 1. The first-order valence-corrected chi connectivity index (χ1v) is 9.14. The maximum absolute atomic E-state index is 12.4. The van der Waals surface area contributed by atoms with Crippen LogP contribution in [0.2, 0.25) is 5.02 Å². The molecule has 0 radical (unpaired) electrons. The molecule has 2 aromatic rings. The van der Waals surface area contributed by atoms with Crippen molar-refractivity contribution in [1.29, 1.82) is 0 Å². The lowest BCUT2D eigenvalue weighted by Crippen LogP contribution is -2.32. The van der Waals surface area contributed by atoms with Crippen LogP contribution in [0.4, 0.5) is 5.69 Å². The van der Waals surface area contributed by atoms with Crippen molar-refractivity contribution in [1.82, 2.24) is 0 Å². The van der Waals surface area contributed by atoms with E-state index in [1.807, 2.05) is 25.1 Å². The first-order valence-electron chi connectivity index (χ1n) is 8.76. The summed E-state index contributed by atoms with van der Waals surface area (Å²) in [4.78, 5) is 24.4. The monoisotopic (exact) mass is 389 g/mol. The van der Waals surface area contributed by atoms with Gasteiger partial charge in [0.1, 0.15) is 5.75 Å². The minimum absolute atomic E-state index is 0.255. The normalized spacial score (nSPS) is 11.8. The van der Waals surface area contributed by atoms with Crippen LogP contribution in [0, 0.1) is 6.92 Å². The largest absolute Gasteiger partial charge is 0.482 e. The molecular formula is C21H24ClNO4. The number of anilines is 1. The Hall–Kier alpha value is -2.53. The minimum atomic E-state index is -0.939. The number of hydrogen-bond acceptors (Lipinski definition) is 4. The van der Waals surface area contributed by atoms with Gasteiger partial charge in [-0.3, -0.25) is 4.79 Å². The lowest BCUT2D eigenvalue weighted by Gasteiger charge is -2.19. The van der Waals surface area contributed by atoms with Crippen LogP contribution in [0.25, 0.3) is 0 Å². The van der Waals surface area contributed by atoms with E-state index in [1.54, 1.807) is 24.3 Å². The molecule has 0 aliphatic rings. The second-order valence-electron chi connectivity index (χ2n) is 6.56. The zero-order valence-corrected chi connectivity index (χ0v) is 16.7. The highest BCUT2D eigenvalue weighted by Gasteiger charge is 2.20. The summed E-state index contributed by atoms with van der Waals surface area (Å²) in [5.41, 5.74) is 2.75. The molecule has 0 saturated carbocycles. The Morgan fingerprint density at radius 2 is 1.74 bits per heavy atom. The van der Waals surface area contributed by atoms with E-state index in [-0.39, 0.29) is 18.4 Å². The fraction of sp³-hybridized carbons (Fsp3) is 0.333. The summed E-state index contributed by atoms with van der Waals surface area (Å²) < 4.78 is 10.5. The predicted molar refractivity (Wildman–Crippen MR) is 106 cm³/mol. The van der Waals surface area contributed by atoms with Crippen LogP contribution in [-0.4, -0.2) is 24.6 Å². The third-order valence-electron chi connectivity index (χ3n) is 4.02. The van der Waals surface area contributed by atoms with Crippen molar-refractivity contribution >= 4 is 29.2 Å². The number of aryl methyl sites for hydroxylation is 1. The van der Waals surface area contributed by atoms with E-state index >= 15 is 0 Å². The first-order chi connectivity index (χ1) is 12.8. The van der Waals surface area contributed by atoms with Gasteiger partial charge in [-0.2, -0.15) is 0 Å². The molecule has 1 amide bonds. The van der Waals surface area contributed by atoms with Gasteiger partial charge >= 0.3 is 5.97 Å². The third-order valence-corrected chi connectivity index (χ3v) is 4.27. The first kappa shape index (κ1) is 20.8. The third kappa shape index (κ3) is 6.00. The average molecular weight is 390 g/mol. The van der Waals surface area contributed by atoms with Crippen LogP contribution in [-0.2, 0) is 14.3 Å². The number of ether oxygens (including phenoxy) is 2. The summed E-state index contributed by atoms with van der Waals surface area (Å²) in [6.07, 6.45) is -0.939. The molecule has 2 aromatic carbocycles. The van der Waals surface area contributed by atoms with Crippen molar-refractivity contribution in [2.75, 3.05) is 11.9 Å². The van der Waals surface area contributed by atoms with E-state index in [0.717, 1.165) is 16.8 Å². The molecule has 1 N–H and O–H groups in total. The fourth-order valence-electron chi connectivity index (χ4n) is 2.52. The van der Waals surface area contributed by atoms with Crippen molar-refractivity contribution in [2.45, 2.75) is 39.7 Å². The average Bonchev–Trinajstić information content (AvgIpc) is 2.62. The second kappa shape index (κ2) is 9.42. The van der Waals surface area contributed by atoms with E-state index in [4.69, 9.17) is 21.1 Å². The molecule has 0 heterocycles. The van der Waals surface area contributed by atoms with Crippen LogP contribution >= 0.6 is 11.6 Å². The molecule has 1 atom stereocenters. The maximum atomic E-state index is 12.4. The number of rotatable bonds is 7. The fourth-order valence-corrected chi connectivity index (χ4v) is 2.65. The van der Waals surface area contributed by atoms with Gasteiger partial charge in [-0.25, -0.2) is 4.79 Å². The summed E-state index contributed by atoms with van der Waals surface area (Å²) in [6.45, 7) is 7.28. The number of amides is 1. The predicted octanol–water partition coefficient (Wildman–Crippen LogP) is 4.72. The van der Waals surface area contributed by atoms with Gasteiger partial charge in [-0.1, -0.05) is 43.6 Å². The smallest absolute Gasteiger partial charge is 0.344 e. The number of benzene rings is 2. The van der Waals surface area contributed by atoms with E-state index in [1.165, 1.54) is 6.92 Å². The van der Waals surface area contributed by atoms with Gasteiger partial charge in [0.2, 0.25) is 0 Å². The van der Waals surface area contributed by atoms with Crippen LogP contribution in [0.5, 0.6) is 5.75 Å². The number of halogens is 1. The van der Waals surface area contributed by atoms with Crippen LogP contribution in [0.15, 0.2) is 42.5 Å². The maximum Gasteiger partial charge on any atom is 0.344 e. The van der Waals surface area contributed by atoms with Gasteiger partial charge in [0.15, 0.2) is 12.7 Å². The topological polar surface area (TPSA) is 64.6 Å². The molecule has 27 heavy (non-hydrogen) atoms. The van der Waals surface area contributed by atoms with Crippen LogP contribution in [0.1, 0.15) is 37.8 Å². The molecule has 0 aliphatic carbocycles. The minimum Gasteiger partial charge on any atom is -0.482 e. The molecule has 144 valence electrons. The Kier molecular flexibility index (Phi) is 7.25. The Labute approximate surface area is 164 Å². The zero-order chi connectivity index (χ0) is 20.0. The summed E-state index contributed by atoms with van der Waals surface area (Å²) in [5, 5.41) is 3.45. The van der Waals surface area contributed by atoms with Gasteiger partial charge in [0, 0.05) is 10.7 Å². The quantitative estimate of drug-likeness (QED) is 0.696. The Morgan fingerprint density at radius 1 is 1.07 bits per heavy atom. The van der Waals surface area contributed by atoms with Crippen LogP contribution in [0.3, 0.4) is 0 Å². The van der Waals surface area contributed by atoms with Crippen molar-refractivity contribution in [3.63, 3.8) is 0 Å².